The fourth-order valence-corrected chi connectivity index (χ4v) is 6.41. The molecule has 0 aromatic heterocycles. The molecule has 5 amide bonds. The molecule has 1 saturated heterocycles. The number of carboxylic acid groups (broad SMARTS) is 1. The van der Waals surface area contributed by atoms with Gasteiger partial charge in [-0.3, -0.25) is 14.5 Å². The van der Waals surface area contributed by atoms with Crippen molar-refractivity contribution in [3.63, 3.8) is 0 Å². The van der Waals surface area contributed by atoms with E-state index < -0.39 is 35.7 Å². The summed E-state index contributed by atoms with van der Waals surface area (Å²) in [5.74, 6) is 0.445. The zero-order chi connectivity index (χ0) is 36.9. The van der Waals surface area contributed by atoms with Gasteiger partial charge in [0.25, 0.3) is 5.91 Å². The van der Waals surface area contributed by atoms with Gasteiger partial charge in [-0.05, 0) is 80.1 Å². The predicted molar refractivity (Wildman–Crippen MR) is 200 cm³/mol. The largest absolute Gasteiger partial charge is 0.495 e. The summed E-state index contributed by atoms with van der Waals surface area (Å²) in [6, 6.07) is 15.9. The summed E-state index contributed by atoms with van der Waals surface area (Å²) in [5, 5.41) is 18.8. The molecule has 4 N–H and O–H groups in total. The second-order valence-electron chi connectivity index (χ2n) is 13.5. The molecule has 52 heavy (non-hydrogen) atoms. The highest BCUT2D eigenvalue weighted by atomic mass is 35.5. The van der Waals surface area contributed by atoms with E-state index in [1.54, 1.807) is 55.1 Å². The maximum Gasteiger partial charge on any atom is 0.328 e. The number of nitrogens with one attached hydrogen (secondary N) is 3. The smallest absolute Gasteiger partial charge is 0.328 e. The monoisotopic (exact) mass is 737 g/mol. The normalized spacial score (nSPS) is 16.1. The van der Waals surface area contributed by atoms with Crippen LogP contribution in [0.25, 0.3) is 0 Å². The van der Waals surface area contributed by atoms with Crippen molar-refractivity contribution in [3.8, 4) is 17.2 Å². The van der Waals surface area contributed by atoms with Crippen LogP contribution >= 0.6 is 12.4 Å². The molecule has 13 nitrogen and oxygen atoms in total. The van der Waals surface area contributed by atoms with E-state index in [0.29, 0.717) is 52.1 Å². The lowest BCUT2D eigenvalue weighted by atomic mass is 10.00. The first kappa shape index (κ1) is 39.8. The SMILES string of the molecule is COc1cc(CN2C(=O)N(C(CNC(CC(=O)O)c3ccc(OC)c(OC)c3)CC3CC3)C(=O)C2(C)C)ccc1NC(=O)Nc1ccccc1C.Cl. The van der Waals surface area contributed by atoms with Gasteiger partial charge in [0.1, 0.15) is 11.3 Å². The number of carbonyl (C=O) groups excluding carboxylic acids is 3. The summed E-state index contributed by atoms with van der Waals surface area (Å²) in [6.45, 7) is 5.70. The molecule has 2 fully saturated rings. The molecule has 2 atom stereocenters. The van der Waals surface area contributed by atoms with Gasteiger partial charge < -0.3 is 40.2 Å². The number of benzene rings is 3. The first-order valence-corrected chi connectivity index (χ1v) is 17.0. The number of carbonyl (C=O) groups is 4. The fraction of sp³-hybridized carbons (Fsp3) is 0.421. The van der Waals surface area contributed by atoms with Crippen LogP contribution in [0.3, 0.4) is 0 Å². The average molecular weight is 738 g/mol. The zero-order valence-electron chi connectivity index (χ0n) is 30.4. The number of anilines is 2. The maximum atomic E-state index is 14.2. The van der Waals surface area contributed by atoms with E-state index in [1.165, 1.54) is 26.2 Å². The second-order valence-corrected chi connectivity index (χ2v) is 13.5. The van der Waals surface area contributed by atoms with Gasteiger partial charge in [-0.15, -0.1) is 12.4 Å². The lowest BCUT2D eigenvalue weighted by molar-refractivity contribution is -0.138. The number of imide groups is 1. The molecule has 1 aliphatic carbocycles. The molecule has 1 heterocycles. The zero-order valence-corrected chi connectivity index (χ0v) is 31.2. The number of halogens is 1. The van der Waals surface area contributed by atoms with Crippen molar-refractivity contribution in [1.29, 1.82) is 0 Å². The summed E-state index contributed by atoms with van der Waals surface area (Å²) in [5.41, 5.74) is 2.28. The van der Waals surface area contributed by atoms with Gasteiger partial charge in [-0.1, -0.05) is 43.2 Å². The average Bonchev–Trinajstić information content (AvgIpc) is 3.91. The number of aliphatic carboxylic acids is 1. The Morgan fingerprint density at radius 1 is 0.904 bits per heavy atom. The number of ether oxygens (including phenoxy) is 3. The van der Waals surface area contributed by atoms with Gasteiger partial charge >= 0.3 is 18.0 Å². The maximum absolute atomic E-state index is 14.2. The van der Waals surface area contributed by atoms with E-state index in [2.05, 4.69) is 16.0 Å². The number of hydrogen-bond acceptors (Lipinski definition) is 8. The molecule has 280 valence electrons. The summed E-state index contributed by atoms with van der Waals surface area (Å²) < 4.78 is 16.4. The Kier molecular flexibility index (Phi) is 13.0. The number of methoxy groups -OCH3 is 3. The molecule has 3 aromatic rings. The molecule has 0 radical (unpaired) electrons. The highest BCUT2D eigenvalue weighted by Gasteiger charge is 2.53. The Hall–Kier alpha value is -5.01. The van der Waals surface area contributed by atoms with Crippen molar-refractivity contribution in [2.24, 2.45) is 5.92 Å². The van der Waals surface area contributed by atoms with Gasteiger partial charge in [0.2, 0.25) is 0 Å². The van der Waals surface area contributed by atoms with Crippen molar-refractivity contribution >= 4 is 47.7 Å². The first-order chi connectivity index (χ1) is 24.4. The topological polar surface area (TPSA) is 159 Å². The number of aryl methyl sites for hydroxylation is 1. The minimum Gasteiger partial charge on any atom is -0.495 e. The van der Waals surface area contributed by atoms with Gasteiger partial charge in [0, 0.05) is 24.8 Å². The van der Waals surface area contributed by atoms with Crippen LogP contribution in [0.15, 0.2) is 60.7 Å². The van der Waals surface area contributed by atoms with Crippen LogP contribution < -0.4 is 30.2 Å². The predicted octanol–water partition coefficient (Wildman–Crippen LogP) is 6.60. The van der Waals surface area contributed by atoms with Crippen molar-refractivity contribution < 1.29 is 38.5 Å². The summed E-state index contributed by atoms with van der Waals surface area (Å²) in [7, 11) is 4.53. The Morgan fingerprint density at radius 3 is 2.21 bits per heavy atom. The summed E-state index contributed by atoms with van der Waals surface area (Å²) in [6.07, 6.45) is 2.42. The Labute approximate surface area is 310 Å². The van der Waals surface area contributed by atoms with Crippen LogP contribution in [0.2, 0.25) is 0 Å². The van der Waals surface area contributed by atoms with E-state index in [-0.39, 0.29) is 37.8 Å². The summed E-state index contributed by atoms with van der Waals surface area (Å²) >= 11 is 0. The third-order valence-electron chi connectivity index (χ3n) is 9.56. The van der Waals surface area contributed by atoms with Gasteiger partial charge in [-0.25, -0.2) is 9.59 Å². The number of hydrogen-bond donors (Lipinski definition) is 4. The van der Waals surface area contributed by atoms with Crippen LogP contribution in [-0.2, 0) is 16.1 Å². The Morgan fingerprint density at radius 2 is 1.58 bits per heavy atom. The highest BCUT2D eigenvalue weighted by molar-refractivity contribution is 6.07. The first-order valence-electron chi connectivity index (χ1n) is 17.0. The van der Waals surface area contributed by atoms with Crippen LogP contribution in [0, 0.1) is 12.8 Å². The molecular weight excluding hydrogens is 690 g/mol. The van der Waals surface area contributed by atoms with Crippen molar-refractivity contribution in [1.82, 2.24) is 15.1 Å². The van der Waals surface area contributed by atoms with E-state index >= 15 is 0 Å². The van der Waals surface area contributed by atoms with Crippen LogP contribution in [0.4, 0.5) is 21.0 Å². The van der Waals surface area contributed by atoms with Crippen molar-refractivity contribution in [2.45, 2.75) is 70.6 Å². The highest BCUT2D eigenvalue weighted by Crippen LogP contribution is 2.39. The van der Waals surface area contributed by atoms with Gasteiger partial charge in [0.05, 0.1) is 39.5 Å². The third-order valence-corrected chi connectivity index (χ3v) is 9.56. The van der Waals surface area contributed by atoms with E-state index in [9.17, 15) is 24.3 Å². The molecular formula is C38H48ClN5O8. The standard InChI is InChI=1S/C38H47N5O8.ClH/c1-23-9-7-8-10-28(23)40-36(47)41-29-15-13-25(18-32(29)50-5)22-42-37(48)43(35(46)38(42,2)3)27(17-24-11-12-24)21-39-30(20-34(44)45)26-14-16-31(49-4)33(19-26)51-6;/h7-10,13-16,18-19,24,27,30,39H,11-12,17,20-22H2,1-6H3,(H,44,45)(H2,40,41,47);1H. The van der Waals surface area contributed by atoms with Gasteiger partial charge in [-0.2, -0.15) is 0 Å². The van der Waals surface area contributed by atoms with Crippen molar-refractivity contribution in [3.05, 3.63) is 77.4 Å². The quantitative estimate of drug-likeness (QED) is 0.119. The van der Waals surface area contributed by atoms with E-state index in [1.807, 2.05) is 31.2 Å². The number of urea groups is 2. The number of rotatable bonds is 16. The molecule has 14 heteroatoms. The Balaban J connectivity index is 0.00000605. The van der Waals surface area contributed by atoms with Gasteiger partial charge in [0.15, 0.2) is 11.5 Å². The molecule has 1 aliphatic heterocycles. The Bertz CT molecular complexity index is 1780. The van der Waals surface area contributed by atoms with E-state index in [0.717, 1.165) is 18.4 Å². The number of nitrogens with zero attached hydrogens (tertiary/aromatic N) is 2. The number of para-hydroxylation sites is 1. The molecule has 2 unspecified atom stereocenters. The van der Waals surface area contributed by atoms with Crippen LogP contribution in [0.1, 0.15) is 62.3 Å². The lowest BCUT2D eigenvalue weighted by Gasteiger charge is -2.29. The van der Waals surface area contributed by atoms with Crippen molar-refractivity contribution in [2.75, 3.05) is 38.5 Å². The van der Waals surface area contributed by atoms with Crippen LogP contribution in [-0.4, -0.2) is 78.3 Å². The molecule has 3 aromatic carbocycles. The third kappa shape index (κ3) is 9.07. The summed E-state index contributed by atoms with van der Waals surface area (Å²) in [4.78, 5) is 55.8. The van der Waals surface area contributed by atoms with Crippen LogP contribution in [0.5, 0.6) is 17.2 Å². The molecule has 0 bridgehead atoms. The van der Waals surface area contributed by atoms with E-state index in [4.69, 9.17) is 14.2 Å². The molecule has 2 aliphatic rings. The minimum absolute atomic E-state index is 0. The molecule has 5 rings (SSSR count). The molecule has 0 spiro atoms. The second kappa shape index (κ2) is 17.0. The number of carboxylic acids is 1. The fourth-order valence-electron chi connectivity index (χ4n) is 6.41. The lowest BCUT2D eigenvalue weighted by Crippen LogP contribution is -2.48. The molecule has 1 saturated carbocycles. The number of amides is 5. The minimum atomic E-state index is -1.15.